The zero-order valence-corrected chi connectivity index (χ0v) is 15.3. The minimum absolute atomic E-state index is 0.224. The van der Waals surface area contributed by atoms with Crippen molar-refractivity contribution in [2.24, 2.45) is 12.8 Å². The summed E-state index contributed by atoms with van der Waals surface area (Å²) < 4.78 is 1.83. The third-order valence-corrected chi connectivity index (χ3v) is 4.43. The number of primary amides is 1. The lowest BCUT2D eigenvalue weighted by atomic mass is 10.0. The van der Waals surface area contributed by atoms with E-state index in [0.29, 0.717) is 27.1 Å². The Morgan fingerprint density at radius 3 is 2.62 bits per heavy atom. The Labute approximate surface area is 160 Å². The van der Waals surface area contributed by atoms with Crippen LogP contribution in [0.3, 0.4) is 0 Å². The van der Waals surface area contributed by atoms with E-state index in [9.17, 15) is 4.79 Å². The molecule has 26 heavy (non-hydrogen) atoms. The quantitative estimate of drug-likeness (QED) is 0.647. The highest BCUT2D eigenvalue weighted by Gasteiger charge is 2.13. The van der Waals surface area contributed by atoms with E-state index >= 15 is 0 Å². The molecule has 0 saturated heterocycles. The van der Waals surface area contributed by atoms with Crippen molar-refractivity contribution in [1.29, 1.82) is 0 Å². The standard InChI is InChI=1S/C18H15Cl2N5O/c1-10(18(21)26)11-3-4-15(12(5-11)16-8-25(2)9-23-16)24-17-6-13(19)14(20)7-22-17/h3-9H,1H2,2H3,(H2,21,26)(H,22,24). The van der Waals surface area contributed by atoms with Gasteiger partial charge in [-0.3, -0.25) is 4.79 Å². The van der Waals surface area contributed by atoms with Crippen LogP contribution in [0.2, 0.25) is 10.0 Å². The number of benzene rings is 1. The number of aromatic nitrogens is 3. The number of carbonyl (C=O) groups excluding carboxylic acids is 1. The van der Waals surface area contributed by atoms with Crippen LogP contribution in [-0.2, 0) is 11.8 Å². The van der Waals surface area contributed by atoms with Gasteiger partial charge in [0.05, 0.1) is 22.1 Å². The fourth-order valence-electron chi connectivity index (χ4n) is 2.37. The highest BCUT2D eigenvalue weighted by molar-refractivity contribution is 6.42. The predicted octanol–water partition coefficient (Wildman–Crippen LogP) is 4.03. The molecule has 6 nitrogen and oxygen atoms in total. The Morgan fingerprint density at radius 1 is 1.23 bits per heavy atom. The fourth-order valence-corrected chi connectivity index (χ4v) is 2.62. The second kappa shape index (κ2) is 7.19. The van der Waals surface area contributed by atoms with E-state index in [1.165, 1.54) is 6.20 Å². The van der Waals surface area contributed by atoms with Gasteiger partial charge in [-0.1, -0.05) is 35.8 Å². The van der Waals surface area contributed by atoms with E-state index in [1.807, 2.05) is 17.8 Å². The van der Waals surface area contributed by atoms with E-state index in [-0.39, 0.29) is 5.57 Å². The minimum Gasteiger partial charge on any atom is -0.366 e. The molecule has 0 aliphatic rings. The van der Waals surface area contributed by atoms with Crippen molar-refractivity contribution in [3.63, 3.8) is 0 Å². The first-order chi connectivity index (χ1) is 12.3. The van der Waals surface area contributed by atoms with E-state index in [4.69, 9.17) is 28.9 Å². The van der Waals surface area contributed by atoms with Crippen molar-refractivity contribution in [1.82, 2.24) is 14.5 Å². The minimum atomic E-state index is -0.580. The van der Waals surface area contributed by atoms with Crippen LogP contribution in [0.5, 0.6) is 0 Å². The Hall–Kier alpha value is -2.83. The van der Waals surface area contributed by atoms with Crippen LogP contribution in [0.4, 0.5) is 11.5 Å². The van der Waals surface area contributed by atoms with E-state index < -0.39 is 5.91 Å². The van der Waals surface area contributed by atoms with Crippen LogP contribution >= 0.6 is 23.2 Å². The van der Waals surface area contributed by atoms with Crippen LogP contribution in [0.25, 0.3) is 16.8 Å². The van der Waals surface area contributed by atoms with Gasteiger partial charge in [-0.05, 0) is 17.7 Å². The lowest BCUT2D eigenvalue weighted by Crippen LogP contribution is -2.12. The van der Waals surface area contributed by atoms with Gasteiger partial charge >= 0.3 is 0 Å². The summed E-state index contributed by atoms with van der Waals surface area (Å²) in [4.78, 5) is 20.0. The molecular formula is C18H15Cl2N5O. The first kappa shape index (κ1) is 18.0. The summed E-state index contributed by atoms with van der Waals surface area (Å²) in [6, 6.07) is 6.98. The van der Waals surface area contributed by atoms with Crippen LogP contribution in [0.1, 0.15) is 5.56 Å². The lowest BCUT2D eigenvalue weighted by Gasteiger charge is -2.13. The summed E-state index contributed by atoms with van der Waals surface area (Å²) in [6.45, 7) is 3.73. The van der Waals surface area contributed by atoms with Crippen LogP contribution in [0.15, 0.2) is 49.6 Å². The number of carbonyl (C=O) groups is 1. The maximum absolute atomic E-state index is 11.4. The number of rotatable bonds is 5. The SMILES string of the molecule is C=C(C(N)=O)c1ccc(Nc2cc(Cl)c(Cl)cn2)c(-c2cn(C)cn2)c1. The van der Waals surface area contributed by atoms with Crippen molar-refractivity contribution in [3.8, 4) is 11.3 Å². The summed E-state index contributed by atoms with van der Waals surface area (Å²) >= 11 is 12.0. The molecule has 3 rings (SSSR count). The number of nitrogens with one attached hydrogen (secondary N) is 1. The smallest absolute Gasteiger partial charge is 0.248 e. The largest absolute Gasteiger partial charge is 0.366 e. The van der Waals surface area contributed by atoms with E-state index in [2.05, 4.69) is 21.9 Å². The monoisotopic (exact) mass is 387 g/mol. The fraction of sp³-hybridized carbons (Fsp3) is 0.0556. The maximum atomic E-state index is 11.4. The topological polar surface area (TPSA) is 85.8 Å². The third kappa shape index (κ3) is 3.71. The first-order valence-electron chi connectivity index (χ1n) is 7.54. The number of imidazole rings is 1. The number of amides is 1. The van der Waals surface area contributed by atoms with E-state index in [0.717, 1.165) is 11.3 Å². The highest BCUT2D eigenvalue weighted by atomic mass is 35.5. The molecule has 3 N–H and O–H groups in total. The van der Waals surface area contributed by atoms with Crippen molar-refractivity contribution in [3.05, 3.63) is 65.2 Å². The Kier molecular flexibility index (Phi) is 4.97. The summed E-state index contributed by atoms with van der Waals surface area (Å²) in [7, 11) is 1.87. The second-order valence-electron chi connectivity index (χ2n) is 5.64. The third-order valence-electron chi connectivity index (χ3n) is 3.72. The molecule has 1 amide bonds. The zero-order chi connectivity index (χ0) is 18.8. The van der Waals surface area contributed by atoms with Crippen LogP contribution in [-0.4, -0.2) is 20.4 Å². The van der Waals surface area contributed by atoms with Crippen molar-refractivity contribution >= 4 is 46.2 Å². The summed E-state index contributed by atoms with van der Waals surface area (Å²) in [5, 5.41) is 3.96. The number of nitrogens with two attached hydrogens (primary N) is 1. The summed E-state index contributed by atoms with van der Waals surface area (Å²) in [5.74, 6) is -0.0538. The number of anilines is 2. The number of nitrogens with zero attached hydrogens (tertiary/aromatic N) is 3. The molecule has 0 spiro atoms. The molecule has 0 fully saturated rings. The number of aryl methyl sites for hydroxylation is 1. The molecule has 0 aliphatic heterocycles. The molecule has 8 heteroatoms. The Balaban J connectivity index is 2.07. The molecule has 1 aromatic carbocycles. The average Bonchev–Trinajstić information content (AvgIpc) is 3.04. The van der Waals surface area contributed by atoms with Gasteiger partial charge in [-0.15, -0.1) is 0 Å². The predicted molar refractivity (Wildman–Crippen MR) is 104 cm³/mol. The van der Waals surface area contributed by atoms with Gasteiger partial charge in [0.15, 0.2) is 0 Å². The van der Waals surface area contributed by atoms with Gasteiger partial charge < -0.3 is 15.6 Å². The van der Waals surface area contributed by atoms with E-state index in [1.54, 1.807) is 30.6 Å². The molecule has 132 valence electrons. The van der Waals surface area contributed by atoms with Gasteiger partial charge in [-0.25, -0.2) is 9.97 Å². The Bertz CT molecular complexity index is 1010. The number of hydrogen-bond donors (Lipinski definition) is 2. The van der Waals surface area contributed by atoms with Gasteiger partial charge in [0, 0.05) is 42.3 Å². The first-order valence-corrected chi connectivity index (χ1v) is 8.30. The van der Waals surface area contributed by atoms with Gasteiger partial charge in [-0.2, -0.15) is 0 Å². The van der Waals surface area contributed by atoms with Crippen LogP contribution < -0.4 is 11.1 Å². The normalized spacial score (nSPS) is 10.6. The molecule has 3 aromatic rings. The highest BCUT2D eigenvalue weighted by Crippen LogP contribution is 2.33. The average molecular weight is 388 g/mol. The van der Waals surface area contributed by atoms with Gasteiger partial charge in [0.25, 0.3) is 0 Å². The van der Waals surface area contributed by atoms with Crippen LogP contribution in [0, 0.1) is 0 Å². The molecule has 0 atom stereocenters. The lowest BCUT2D eigenvalue weighted by molar-refractivity contribution is -0.112. The number of hydrogen-bond acceptors (Lipinski definition) is 4. The number of halogens is 2. The molecule has 0 unspecified atom stereocenters. The van der Waals surface area contributed by atoms with Crippen molar-refractivity contribution in [2.45, 2.75) is 0 Å². The van der Waals surface area contributed by atoms with Crippen molar-refractivity contribution in [2.75, 3.05) is 5.32 Å². The van der Waals surface area contributed by atoms with Gasteiger partial charge in [0.1, 0.15) is 5.82 Å². The molecule has 0 aliphatic carbocycles. The zero-order valence-electron chi connectivity index (χ0n) is 13.8. The molecule has 2 heterocycles. The molecule has 2 aromatic heterocycles. The summed E-state index contributed by atoms with van der Waals surface area (Å²) in [5.41, 5.74) is 8.39. The molecule has 0 radical (unpaired) electrons. The maximum Gasteiger partial charge on any atom is 0.248 e. The second-order valence-corrected chi connectivity index (χ2v) is 6.45. The van der Waals surface area contributed by atoms with Crippen molar-refractivity contribution < 1.29 is 4.79 Å². The molecule has 0 saturated carbocycles. The summed E-state index contributed by atoms with van der Waals surface area (Å²) in [6.07, 6.45) is 5.02. The molecule has 0 bridgehead atoms. The Morgan fingerprint density at radius 2 is 2.00 bits per heavy atom. The van der Waals surface area contributed by atoms with Gasteiger partial charge in [0.2, 0.25) is 5.91 Å². The molecular weight excluding hydrogens is 373 g/mol. The number of pyridine rings is 1.